The van der Waals surface area contributed by atoms with Gasteiger partial charge in [0.05, 0.1) is 6.04 Å². The summed E-state index contributed by atoms with van der Waals surface area (Å²) in [4.78, 5) is 19.9. The lowest BCUT2D eigenvalue weighted by molar-refractivity contribution is -0.117. The van der Waals surface area contributed by atoms with Gasteiger partial charge in [-0.3, -0.25) is 10.1 Å². The highest BCUT2D eigenvalue weighted by Crippen LogP contribution is 2.12. The topological polar surface area (TPSA) is 66.9 Å². The Hall–Kier alpha value is -0.850. The molecule has 2 heterocycles. The van der Waals surface area contributed by atoms with Gasteiger partial charge in [-0.05, 0) is 13.0 Å². The molecule has 0 spiro atoms. The Balaban J connectivity index is 2.01. The Labute approximate surface area is 109 Å². The number of aryl methyl sites for hydroxylation is 1. The van der Waals surface area contributed by atoms with Crippen molar-refractivity contribution in [2.45, 2.75) is 13.0 Å². The summed E-state index contributed by atoms with van der Waals surface area (Å²) in [5, 5.41) is 6.15. The number of carbonyl (C=O) groups is 1. The molecule has 7 heteroatoms. The van der Waals surface area contributed by atoms with E-state index >= 15 is 0 Å². The van der Waals surface area contributed by atoms with Crippen LogP contribution < -0.4 is 10.6 Å². The van der Waals surface area contributed by atoms with Crippen LogP contribution in [0.4, 0.5) is 5.95 Å². The maximum atomic E-state index is 11.9. The minimum atomic E-state index is -0.184. The number of anilines is 1. The van der Waals surface area contributed by atoms with E-state index in [0.717, 1.165) is 23.7 Å². The molecule has 1 aromatic heterocycles. The number of carbonyl (C=O) groups excluding carboxylic acids is 1. The molecular formula is C10H13ClN4OS. The molecule has 1 unspecified atom stereocenters. The van der Waals surface area contributed by atoms with Gasteiger partial charge in [-0.25, -0.2) is 9.97 Å². The number of rotatable bonds is 2. The number of halogens is 1. The van der Waals surface area contributed by atoms with E-state index in [1.807, 2.05) is 0 Å². The third-order valence-electron chi connectivity index (χ3n) is 2.30. The first-order valence-corrected chi connectivity index (χ1v) is 6.81. The van der Waals surface area contributed by atoms with Crippen molar-refractivity contribution in [3.05, 3.63) is 16.9 Å². The quantitative estimate of drug-likeness (QED) is 0.789. The van der Waals surface area contributed by atoms with Crippen molar-refractivity contribution in [1.82, 2.24) is 15.3 Å². The van der Waals surface area contributed by atoms with Crippen LogP contribution in [0.15, 0.2) is 6.07 Å². The smallest absolute Gasteiger partial charge is 0.244 e. The van der Waals surface area contributed by atoms with Gasteiger partial charge >= 0.3 is 0 Å². The molecule has 0 saturated carbocycles. The molecule has 1 amide bonds. The first-order valence-electron chi connectivity index (χ1n) is 5.28. The second-order valence-corrected chi connectivity index (χ2v) is 5.26. The molecule has 2 rings (SSSR count). The Morgan fingerprint density at radius 3 is 3.12 bits per heavy atom. The van der Waals surface area contributed by atoms with Crippen LogP contribution in [0.5, 0.6) is 0 Å². The predicted molar refractivity (Wildman–Crippen MR) is 69.5 cm³/mol. The van der Waals surface area contributed by atoms with Gasteiger partial charge in [0.15, 0.2) is 0 Å². The van der Waals surface area contributed by atoms with E-state index in [9.17, 15) is 4.79 Å². The third-order valence-corrected chi connectivity index (χ3v) is 3.55. The predicted octanol–water partition coefficient (Wildman–Crippen LogP) is 1.08. The summed E-state index contributed by atoms with van der Waals surface area (Å²) in [6.45, 7) is 2.65. The van der Waals surface area contributed by atoms with Gasteiger partial charge in [0.25, 0.3) is 0 Å². The maximum Gasteiger partial charge on any atom is 0.244 e. The average molecular weight is 273 g/mol. The molecule has 0 radical (unpaired) electrons. The van der Waals surface area contributed by atoms with Crippen molar-refractivity contribution in [1.29, 1.82) is 0 Å². The van der Waals surface area contributed by atoms with E-state index in [4.69, 9.17) is 11.6 Å². The summed E-state index contributed by atoms with van der Waals surface area (Å²) < 4.78 is 0. The monoisotopic (exact) mass is 272 g/mol. The van der Waals surface area contributed by atoms with Gasteiger partial charge in [-0.1, -0.05) is 11.6 Å². The van der Waals surface area contributed by atoms with Crippen LogP contribution in [-0.4, -0.2) is 40.0 Å². The van der Waals surface area contributed by atoms with Crippen molar-refractivity contribution in [2.75, 3.05) is 23.4 Å². The molecule has 1 atom stereocenters. The van der Waals surface area contributed by atoms with Crippen LogP contribution >= 0.6 is 23.4 Å². The van der Waals surface area contributed by atoms with Crippen LogP contribution in [0.2, 0.25) is 5.15 Å². The van der Waals surface area contributed by atoms with E-state index in [1.165, 1.54) is 0 Å². The molecule has 17 heavy (non-hydrogen) atoms. The molecule has 0 aliphatic carbocycles. The lowest BCUT2D eigenvalue weighted by atomic mass is 10.3. The highest BCUT2D eigenvalue weighted by atomic mass is 35.5. The second-order valence-electron chi connectivity index (χ2n) is 3.73. The Morgan fingerprint density at radius 2 is 2.47 bits per heavy atom. The summed E-state index contributed by atoms with van der Waals surface area (Å²) >= 11 is 7.56. The minimum absolute atomic E-state index is 0.112. The van der Waals surface area contributed by atoms with E-state index in [2.05, 4.69) is 20.6 Å². The van der Waals surface area contributed by atoms with E-state index in [-0.39, 0.29) is 17.9 Å². The highest BCUT2D eigenvalue weighted by molar-refractivity contribution is 7.99. The molecule has 1 saturated heterocycles. The van der Waals surface area contributed by atoms with Crippen LogP contribution in [0, 0.1) is 6.92 Å². The average Bonchev–Trinajstić information content (AvgIpc) is 2.28. The molecule has 1 aliphatic rings. The van der Waals surface area contributed by atoms with E-state index in [0.29, 0.717) is 5.15 Å². The Bertz CT molecular complexity index is 403. The van der Waals surface area contributed by atoms with Gasteiger partial charge in [0.2, 0.25) is 11.9 Å². The SMILES string of the molecule is Cc1cc(Cl)nc(NC(=O)C2CSCCN2)n1. The summed E-state index contributed by atoms with van der Waals surface area (Å²) in [6, 6.07) is 1.46. The number of amides is 1. The number of thioether (sulfide) groups is 1. The van der Waals surface area contributed by atoms with Gasteiger partial charge in [0.1, 0.15) is 5.15 Å². The fourth-order valence-corrected chi connectivity index (χ4v) is 2.69. The number of hydrogen-bond donors (Lipinski definition) is 2. The largest absolute Gasteiger partial charge is 0.304 e. The van der Waals surface area contributed by atoms with Gasteiger partial charge in [0, 0.05) is 23.7 Å². The molecule has 92 valence electrons. The zero-order chi connectivity index (χ0) is 12.3. The van der Waals surface area contributed by atoms with Crippen LogP contribution in [-0.2, 0) is 4.79 Å². The summed E-state index contributed by atoms with van der Waals surface area (Å²) in [6.07, 6.45) is 0. The minimum Gasteiger partial charge on any atom is -0.304 e. The maximum absolute atomic E-state index is 11.9. The molecule has 1 fully saturated rings. The van der Waals surface area contributed by atoms with E-state index < -0.39 is 0 Å². The van der Waals surface area contributed by atoms with Crippen molar-refractivity contribution in [3.63, 3.8) is 0 Å². The fourth-order valence-electron chi connectivity index (χ4n) is 1.52. The second kappa shape index (κ2) is 5.66. The first kappa shape index (κ1) is 12.6. The molecule has 5 nitrogen and oxygen atoms in total. The molecule has 0 aromatic carbocycles. The lowest BCUT2D eigenvalue weighted by Crippen LogP contribution is -2.46. The molecular weight excluding hydrogens is 260 g/mol. The number of nitrogens with zero attached hydrogens (tertiary/aromatic N) is 2. The molecule has 0 bridgehead atoms. The van der Waals surface area contributed by atoms with Crippen molar-refractivity contribution < 1.29 is 4.79 Å². The van der Waals surface area contributed by atoms with Gasteiger partial charge in [-0.15, -0.1) is 0 Å². The lowest BCUT2D eigenvalue weighted by Gasteiger charge is -2.21. The third kappa shape index (κ3) is 3.55. The summed E-state index contributed by atoms with van der Waals surface area (Å²) in [7, 11) is 0. The van der Waals surface area contributed by atoms with Crippen molar-refractivity contribution in [2.24, 2.45) is 0 Å². The zero-order valence-electron chi connectivity index (χ0n) is 9.36. The van der Waals surface area contributed by atoms with Crippen molar-refractivity contribution >= 4 is 35.2 Å². The van der Waals surface area contributed by atoms with Crippen molar-refractivity contribution in [3.8, 4) is 0 Å². The van der Waals surface area contributed by atoms with Crippen LogP contribution in [0.25, 0.3) is 0 Å². The standard InChI is InChI=1S/C10H13ClN4OS/c1-6-4-8(11)14-10(13-6)15-9(16)7-5-17-3-2-12-7/h4,7,12H,2-3,5H2,1H3,(H,13,14,15,16). The Kier molecular flexibility index (Phi) is 4.20. The number of nitrogens with one attached hydrogen (secondary N) is 2. The zero-order valence-corrected chi connectivity index (χ0v) is 10.9. The summed E-state index contributed by atoms with van der Waals surface area (Å²) in [5.74, 6) is 1.96. The summed E-state index contributed by atoms with van der Waals surface area (Å²) in [5.41, 5.74) is 0.728. The fraction of sp³-hybridized carbons (Fsp3) is 0.500. The highest BCUT2D eigenvalue weighted by Gasteiger charge is 2.21. The molecule has 1 aromatic rings. The first-order chi connectivity index (χ1) is 8.15. The molecule has 2 N–H and O–H groups in total. The van der Waals surface area contributed by atoms with Gasteiger partial charge in [-0.2, -0.15) is 11.8 Å². The number of aromatic nitrogens is 2. The normalized spacial score (nSPS) is 20.0. The number of hydrogen-bond acceptors (Lipinski definition) is 5. The van der Waals surface area contributed by atoms with Crippen LogP contribution in [0.3, 0.4) is 0 Å². The van der Waals surface area contributed by atoms with Gasteiger partial charge < -0.3 is 5.32 Å². The Morgan fingerprint density at radius 1 is 1.65 bits per heavy atom. The van der Waals surface area contributed by atoms with E-state index in [1.54, 1.807) is 24.8 Å². The molecule has 1 aliphatic heterocycles. The van der Waals surface area contributed by atoms with Crippen LogP contribution in [0.1, 0.15) is 5.69 Å².